The van der Waals surface area contributed by atoms with Crippen molar-refractivity contribution in [3.63, 3.8) is 0 Å². The van der Waals surface area contributed by atoms with Crippen molar-refractivity contribution in [2.45, 2.75) is 40.2 Å². The van der Waals surface area contributed by atoms with Crippen LogP contribution in [0.3, 0.4) is 0 Å². The SMILES string of the molecule is CCc1c(C(=O)OC)nnn1CC(C)CC. The highest BCUT2D eigenvalue weighted by molar-refractivity contribution is 5.88. The first-order chi connectivity index (χ1) is 7.63. The standard InChI is InChI=1S/C11H19N3O2/c1-5-8(3)7-14-9(6-2)10(12-13-14)11(15)16-4/h8H,5-7H2,1-4H3. The summed E-state index contributed by atoms with van der Waals surface area (Å²) in [5, 5.41) is 7.89. The van der Waals surface area contributed by atoms with E-state index in [4.69, 9.17) is 0 Å². The predicted molar refractivity (Wildman–Crippen MR) is 60.2 cm³/mol. The van der Waals surface area contributed by atoms with Gasteiger partial charge in [-0.3, -0.25) is 0 Å². The molecule has 1 rings (SSSR count). The van der Waals surface area contributed by atoms with Crippen molar-refractivity contribution in [1.29, 1.82) is 0 Å². The predicted octanol–water partition coefficient (Wildman–Crippen LogP) is 1.67. The lowest BCUT2D eigenvalue weighted by molar-refractivity contribution is 0.0592. The molecule has 5 heteroatoms. The Bertz CT molecular complexity index is 360. The Hall–Kier alpha value is -1.39. The molecule has 0 aliphatic carbocycles. The molecule has 0 bridgehead atoms. The Morgan fingerprint density at radius 3 is 2.69 bits per heavy atom. The van der Waals surface area contributed by atoms with Gasteiger partial charge in [0.25, 0.3) is 0 Å². The number of carbonyl (C=O) groups is 1. The summed E-state index contributed by atoms with van der Waals surface area (Å²) < 4.78 is 6.47. The van der Waals surface area contributed by atoms with E-state index in [0.717, 1.165) is 25.1 Å². The molecule has 0 fully saturated rings. The Balaban J connectivity index is 2.94. The van der Waals surface area contributed by atoms with E-state index in [1.807, 2.05) is 6.92 Å². The topological polar surface area (TPSA) is 57.0 Å². The van der Waals surface area contributed by atoms with Gasteiger partial charge in [0.1, 0.15) is 0 Å². The first kappa shape index (κ1) is 12.7. The number of hydrogen-bond acceptors (Lipinski definition) is 4. The molecule has 90 valence electrons. The first-order valence-corrected chi connectivity index (χ1v) is 5.64. The second kappa shape index (κ2) is 5.63. The molecule has 0 aromatic carbocycles. The molecule has 5 nitrogen and oxygen atoms in total. The molecule has 1 aromatic heterocycles. The average molecular weight is 225 g/mol. The third kappa shape index (κ3) is 2.59. The molecule has 1 heterocycles. The fraction of sp³-hybridized carbons (Fsp3) is 0.727. The molecule has 1 unspecified atom stereocenters. The van der Waals surface area contributed by atoms with Gasteiger partial charge in [0, 0.05) is 6.54 Å². The summed E-state index contributed by atoms with van der Waals surface area (Å²) in [6.07, 6.45) is 1.81. The summed E-state index contributed by atoms with van der Waals surface area (Å²) in [6.45, 7) is 7.06. The van der Waals surface area contributed by atoms with Crippen LogP contribution in [-0.4, -0.2) is 28.1 Å². The van der Waals surface area contributed by atoms with Gasteiger partial charge in [0.15, 0.2) is 5.69 Å². The highest BCUT2D eigenvalue weighted by atomic mass is 16.5. The highest BCUT2D eigenvalue weighted by Crippen LogP contribution is 2.11. The molecular formula is C11H19N3O2. The van der Waals surface area contributed by atoms with Crippen molar-refractivity contribution in [1.82, 2.24) is 15.0 Å². The Morgan fingerprint density at radius 2 is 2.19 bits per heavy atom. The number of esters is 1. The largest absolute Gasteiger partial charge is 0.464 e. The minimum atomic E-state index is -0.410. The number of carbonyl (C=O) groups excluding carboxylic acids is 1. The van der Waals surface area contributed by atoms with Crippen LogP contribution in [0.25, 0.3) is 0 Å². The maximum Gasteiger partial charge on any atom is 0.360 e. The zero-order chi connectivity index (χ0) is 12.1. The zero-order valence-electron chi connectivity index (χ0n) is 10.4. The molecule has 16 heavy (non-hydrogen) atoms. The minimum absolute atomic E-state index is 0.341. The van der Waals surface area contributed by atoms with E-state index in [9.17, 15) is 4.79 Å². The zero-order valence-corrected chi connectivity index (χ0v) is 10.4. The lowest BCUT2D eigenvalue weighted by Gasteiger charge is -2.10. The van der Waals surface area contributed by atoms with E-state index in [1.165, 1.54) is 7.11 Å². The van der Waals surface area contributed by atoms with Crippen molar-refractivity contribution in [2.24, 2.45) is 5.92 Å². The summed E-state index contributed by atoms with van der Waals surface area (Å²) in [5.41, 5.74) is 1.19. The molecule has 0 saturated carbocycles. The molecular weight excluding hydrogens is 206 g/mol. The number of nitrogens with zero attached hydrogens (tertiary/aromatic N) is 3. The van der Waals surface area contributed by atoms with E-state index in [2.05, 4.69) is 28.9 Å². The van der Waals surface area contributed by atoms with Crippen molar-refractivity contribution in [3.05, 3.63) is 11.4 Å². The number of aromatic nitrogens is 3. The third-order valence-electron chi connectivity index (χ3n) is 2.73. The number of ether oxygens (including phenoxy) is 1. The van der Waals surface area contributed by atoms with Gasteiger partial charge in [-0.1, -0.05) is 32.4 Å². The van der Waals surface area contributed by atoms with Crippen LogP contribution in [0.2, 0.25) is 0 Å². The van der Waals surface area contributed by atoms with Crippen molar-refractivity contribution in [3.8, 4) is 0 Å². The first-order valence-electron chi connectivity index (χ1n) is 5.64. The van der Waals surface area contributed by atoms with E-state index in [1.54, 1.807) is 4.68 Å². The highest BCUT2D eigenvalue weighted by Gasteiger charge is 2.19. The van der Waals surface area contributed by atoms with Gasteiger partial charge in [0.05, 0.1) is 12.8 Å². The molecule has 0 aliphatic rings. The van der Waals surface area contributed by atoms with E-state index in [0.29, 0.717) is 11.6 Å². The Labute approximate surface area is 95.8 Å². The monoisotopic (exact) mass is 225 g/mol. The number of rotatable bonds is 5. The maximum absolute atomic E-state index is 11.4. The Morgan fingerprint density at radius 1 is 1.50 bits per heavy atom. The molecule has 0 spiro atoms. The molecule has 0 N–H and O–H groups in total. The molecule has 0 radical (unpaired) electrons. The van der Waals surface area contributed by atoms with Gasteiger partial charge in [-0.15, -0.1) is 5.10 Å². The van der Waals surface area contributed by atoms with Gasteiger partial charge in [-0.05, 0) is 12.3 Å². The van der Waals surface area contributed by atoms with Gasteiger partial charge in [-0.2, -0.15) is 0 Å². The van der Waals surface area contributed by atoms with Crippen molar-refractivity contribution >= 4 is 5.97 Å². The third-order valence-corrected chi connectivity index (χ3v) is 2.73. The van der Waals surface area contributed by atoms with Crippen LogP contribution in [-0.2, 0) is 17.7 Å². The molecule has 1 aromatic rings. The Kier molecular flexibility index (Phi) is 4.46. The fourth-order valence-corrected chi connectivity index (χ4v) is 1.51. The molecule has 0 amide bonds. The quantitative estimate of drug-likeness (QED) is 0.715. The second-order valence-electron chi connectivity index (χ2n) is 3.93. The minimum Gasteiger partial charge on any atom is -0.464 e. The fourth-order valence-electron chi connectivity index (χ4n) is 1.51. The van der Waals surface area contributed by atoms with E-state index >= 15 is 0 Å². The lowest BCUT2D eigenvalue weighted by Crippen LogP contribution is -2.13. The van der Waals surface area contributed by atoms with Crippen LogP contribution in [0.5, 0.6) is 0 Å². The molecule has 0 saturated heterocycles. The summed E-state index contributed by atoms with van der Waals surface area (Å²) in [6, 6.07) is 0. The van der Waals surface area contributed by atoms with Gasteiger partial charge in [0.2, 0.25) is 0 Å². The van der Waals surface area contributed by atoms with Crippen LogP contribution in [0, 0.1) is 5.92 Å². The average Bonchev–Trinajstić information content (AvgIpc) is 2.70. The second-order valence-corrected chi connectivity index (χ2v) is 3.93. The summed E-state index contributed by atoms with van der Waals surface area (Å²) >= 11 is 0. The van der Waals surface area contributed by atoms with Crippen LogP contribution in [0.4, 0.5) is 0 Å². The lowest BCUT2D eigenvalue weighted by atomic mass is 10.1. The van der Waals surface area contributed by atoms with Gasteiger partial charge >= 0.3 is 5.97 Å². The normalized spacial score (nSPS) is 12.5. The summed E-state index contributed by atoms with van der Waals surface area (Å²) in [5.74, 6) is 0.116. The maximum atomic E-state index is 11.4. The van der Waals surface area contributed by atoms with E-state index < -0.39 is 5.97 Å². The van der Waals surface area contributed by atoms with Gasteiger partial charge < -0.3 is 4.74 Å². The van der Waals surface area contributed by atoms with Crippen LogP contribution in [0.1, 0.15) is 43.4 Å². The van der Waals surface area contributed by atoms with Crippen LogP contribution >= 0.6 is 0 Å². The number of hydrogen-bond donors (Lipinski definition) is 0. The molecule has 1 atom stereocenters. The van der Waals surface area contributed by atoms with Crippen molar-refractivity contribution < 1.29 is 9.53 Å². The van der Waals surface area contributed by atoms with E-state index in [-0.39, 0.29) is 0 Å². The number of methoxy groups -OCH3 is 1. The van der Waals surface area contributed by atoms with Crippen molar-refractivity contribution in [2.75, 3.05) is 7.11 Å². The smallest absolute Gasteiger partial charge is 0.360 e. The molecule has 0 aliphatic heterocycles. The summed E-state index contributed by atoms with van der Waals surface area (Å²) in [4.78, 5) is 11.4. The summed E-state index contributed by atoms with van der Waals surface area (Å²) in [7, 11) is 1.36. The van der Waals surface area contributed by atoms with Gasteiger partial charge in [-0.25, -0.2) is 9.48 Å². The van der Waals surface area contributed by atoms with Crippen LogP contribution in [0.15, 0.2) is 0 Å². The van der Waals surface area contributed by atoms with Crippen LogP contribution < -0.4 is 0 Å².